The molecule has 1 aliphatic heterocycles. The van der Waals surface area contributed by atoms with Crippen molar-refractivity contribution in [3.63, 3.8) is 0 Å². The molecule has 2 atom stereocenters. The van der Waals surface area contributed by atoms with Crippen molar-refractivity contribution in [2.24, 2.45) is 11.7 Å². The van der Waals surface area contributed by atoms with Crippen LogP contribution in [0.4, 0.5) is 4.39 Å². The second kappa shape index (κ2) is 7.66. The predicted molar refractivity (Wildman–Crippen MR) is 95.2 cm³/mol. The molecule has 2 N–H and O–H groups in total. The maximum atomic E-state index is 13.2. The van der Waals surface area contributed by atoms with E-state index in [9.17, 15) is 9.18 Å². The van der Waals surface area contributed by atoms with Crippen molar-refractivity contribution in [1.82, 2.24) is 4.90 Å². The lowest BCUT2D eigenvalue weighted by Gasteiger charge is -2.34. The zero-order valence-electron chi connectivity index (χ0n) is 14.3. The average molecular weight is 342 g/mol. The minimum atomic E-state index is -0.349. The normalized spacial score (nSPS) is 18.7. The zero-order chi connectivity index (χ0) is 17.8. The predicted octanol–water partition coefficient (Wildman–Crippen LogP) is 3.82. The number of likely N-dealkylation sites (tertiary alicyclic amines) is 1. The molecular formula is C20H23FN2O2. The fourth-order valence-corrected chi connectivity index (χ4v) is 3.14. The molecule has 25 heavy (non-hydrogen) atoms. The number of piperidine rings is 1. The molecule has 5 heteroatoms. The van der Waals surface area contributed by atoms with Crippen molar-refractivity contribution in [3.8, 4) is 11.5 Å². The SMILES string of the molecule is C[C@@H](N)[C@H]1CCCN(C(=O)c2ccc(Oc3cccc(F)c3)cc2)C1. The van der Waals surface area contributed by atoms with Crippen LogP contribution in [0.1, 0.15) is 30.1 Å². The molecule has 2 aromatic carbocycles. The van der Waals surface area contributed by atoms with E-state index >= 15 is 0 Å². The lowest BCUT2D eigenvalue weighted by Crippen LogP contribution is -2.45. The summed E-state index contributed by atoms with van der Waals surface area (Å²) in [6.07, 6.45) is 2.06. The summed E-state index contributed by atoms with van der Waals surface area (Å²) < 4.78 is 18.8. The monoisotopic (exact) mass is 342 g/mol. The summed E-state index contributed by atoms with van der Waals surface area (Å²) in [5.41, 5.74) is 6.61. The van der Waals surface area contributed by atoms with Gasteiger partial charge in [0, 0.05) is 30.8 Å². The topological polar surface area (TPSA) is 55.6 Å². The molecule has 1 heterocycles. The van der Waals surface area contributed by atoms with Crippen LogP contribution in [-0.2, 0) is 0 Å². The molecule has 2 aromatic rings. The Kier molecular flexibility index (Phi) is 5.34. The first-order valence-electron chi connectivity index (χ1n) is 8.61. The van der Waals surface area contributed by atoms with Crippen molar-refractivity contribution in [2.45, 2.75) is 25.8 Å². The first-order chi connectivity index (χ1) is 12.0. The average Bonchev–Trinajstić information content (AvgIpc) is 2.62. The molecule has 1 aliphatic rings. The molecule has 0 spiro atoms. The first kappa shape index (κ1) is 17.4. The van der Waals surface area contributed by atoms with E-state index in [1.54, 1.807) is 36.4 Å². The number of carbonyl (C=O) groups excluding carboxylic acids is 1. The van der Waals surface area contributed by atoms with Crippen LogP contribution < -0.4 is 10.5 Å². The van der Waals surface area contributed by atoms with Gasteiger partial charge in [-0.2, -0.15) is 0 Å². The summed E-state index contributed by atoms with van der Waals surface area (Å²) >= 11 is 0. The largest absolute Gasteiger partial charge is 0.457 e. The van der Waals surface area contributed by atoms with Crippen LogP contribution in [0.25, 0.3) is 0 Å². The lowest BCUT2D eigenvalue weighted by molar-refractivity contribution is 0.0661. The van der Waals surface area contributed by atoms with Crippen LogP contribution in [0.5, 0.6) is 11.5 Å². The molecule has 0 radical (unpaired) electrons. The Balaban J connectivity index is 1.66. The number of halogens is 1. The highest BCUT2D eigenvalue weighted by molar-refractivity contribution is 5.94. The van der Waals surface area contributed by atoms with E-state index in [0.29, 0.717) is 29.5 Å². The van der Waals surface area contributed by atoms with Gasteiger partial charge in [-0.25, -0.2) is 4.39 Å². The van der Waals surface area contributed by atoms with E-state index < -0.39 is 0 Å². The lowest BCUT2D eigenvalue weighted by atomic mass is 9.92. The molecule has 3 rings (SSSR count). The summed E-state index contributed by atoms with van der Waals surface area (Å²) in [6.45, 7) is 3.47. The fourth-order valence-electron chi connectivity index (χ4n) is 3.14. The van der Waals surface area contributed by atoms with Gasteiger partial charge in [0.2, 0.25) is 0 Å². The third-order valence-corrected chi connectivity index (χ3v) is 4.62. The maximum Gasteiger partial charge on any atom is 0.253 e. The molecule has 1 fully saturated rings. The van der Waals surface area contributed by atoms with E-state index in [2.05, 4.69) is 0 Å². The first-order valence-corrected chi connectivity index (χ1v) is 8.61. The number of ether oxygens (including phenoxy) is 1. The van der Waals surface area contributed by atoms with E-state index in [4.69, 9.17) is 10.5 Å². The van der Waals surface area contributed by atoms with Gasteiger partial charge in [-0.15, -0.1) is 0 Å². The number of nitrogens with zero attached hydrogens (tertiary/aromatic N) is 1. The van der Waals surface area contributed by atoms with E-state index in [1.165, 1.54) is 12.1 Å². The molecule has 4 nitrogen and oxygen atoms in total. The second-order valence-electron chi connectivity index (χ2n) is 6.60. The Labute approximate surface area is 147 Å². The minimum Gasteiger partial charge on any atom is -0.457 e. The Bertz CT molecular complexity index is 731. The van der Waals surface area contributed by atoms with Crippen LogP contribution in [0.2, 0.25) is 0 Å². The number of hydrogen-bond acceptors (Lipinski definition) is 3. The van der Waals surface area contributed by atoms with Crippen LogP contribution in [0.15, 0.2) is 48.5 Å². The highest BCUT2D eigenvalue weighted by Crippen LogP contribution is 2.24. The quantitative estimate of drug-likeness (QED) is 0.919. The third kappa shape index (κ3) is 4.37. The van der Waals surface area contributed by atoms with Gasteiger partial charge in [-0.3, -0.25) is 4.79 Å². The van der Waals surface area contributed by atoms with Crippen LogP contribution in [0.3, 0.4) is 0 Å². The standard InChI is InChI=1S/C20H23FN2O2/c1-14(22)16-4-3-11-23(13-16)20(24)15-7-9-18(10-8-15)25-19-6-2-5-17(21)12-19/h2,5-10,12,14,16H,3-4,11,13,22H2,1H3/t14-,16+/m1/s1. The highest BCUT2D eigenvalue weighted by Gasteiger charge is 2.26. The number of carbonyl (C=O) groups is 1. The molecule has 1 saturated heterocycles. The van der Waals surface area contributed by atoms with Gasteiger partial charge in [-0.1, -0.05) is 6.07 Å². The Morgan fingerprint density at radius 3 is 2.68 bits per heavy atom. The Hall–Kier alpha value is -2.40. The van der Waals surface area contributed by atoms with Crippen molar-refractivity contribution in [3.05, 3.63) is 59.9 Å². The highest BCUT2D eigenvalue weighted by atomic mass is 19.1. The summed E-state index contributed by atoms with van der Waals surface area (Å²) in [4.78, 5) is 14.6. The molecule has 1 amide bonds. The van der Waals surface area contributed by atoms with Gasteiger partial charge in [0.1, 0.15) is 17.3 Å². The summed E-state index contributed by atoms with van der Waals surface area (Å²) in [5, 5.41) is 0. The number of amides is 1. The molecule has 0 aromatic heterocycles. The van der Waals surface area contributed by atoms with Crippen molar-refractivity contribution in [2.75, 3.05) is 13.1 Å². The van der Waals surface area contributed by atoms with Crippen LogP contribution in [-0.4, -0.2) is 29.9 Å². The number of hydrogen-bond donors (Lipinski definition) is 1. The van der Waals surface area contributed by atoms with Crippen molar-refractivity contribution < 1.29 is 13.9 Å². The minimum absolute atomic E-state index is 0.0163. The van der Waals surface area contributed by atoms with Crippen molar-refractivity contribution >= 4 is 5.91 Å². The smallest absolute Gasteiger partial charge is 0.253 e. The van der Waals surface area contributed by atoms with Crippen LogP contribution >= 0.6 is 0 Å². The van der Waals surface area contributed by atoms with Gasteiger partial charge in [0.15, 0.2) is 0 Å². The zero-order valence-corrected chi connectivity index (χ0v) is 14.3. The third-order valence-electron chi connectivity index (χ3n) is 4.62. The molecule has 0 bridgehead atoms. The van der Waals surface area contributed by atoms with E-state index in [0.717, 1.165) is 19.4 Å². The summed E-state index contributed by atoms with van der Waals surface area (Å²) in [5.74, 6) is 1.01. The molecule has 0 aliphatic carbocycles. The molecular weight excluding hydrogens is 319 g/mol. The molecule has 132 valence electrons. The molecule has 0 unspecified atom stereocenters. The fraction of sp³-hybridized carbons (Fsp3) is 0.350. The van der Waals surface area contributed by atoms with Gasteiger partial charge >= 0.3 is 0 Å². The van der Waals surface area contributed by atoms with Gasteiger partial charge in [0.05, 0.1) is 0 Å². The van der Waals surface area contributed by atoms with E-state index in [-0.39, 0.29) is 17.8 Å². The number of rotatable bonds is 4. The van der Waals surface area contributed by atoms with Gasteiger partial charge in [-0.05, 0) is 62.1 Å². The summed E-state index contributed by atoms with van der Waals surface area (Å²) in [6, 6.07) is 13.0. The molecule has 0 saturated carbocycles. The van der Waals surface area contributed by atoms with Crippen molar-refractivity contribution in [1.29, 1.82) is 0 Å². The summed E-state index contributed by atoms with van der Waals surface area (Å²) in [7, 11) is 0. The Morgan fingerprint density at radius 1 is 1.24 bits per heavy atom. The van der Waals surface area contributed by atoms with Crippen LogP contribution in [0, 0.1) is 11.7 Å². The number of benzene rings is 2. The Morgan fingerprint density at radius 2 is 2.00 bits per heavy atom. The number of nitrogens with two attached hydrogens (primary N) is 1. The maximum absolute atomic E-state index is 13.2. The van der Waals surface area contributed by atoms with E-state index in [1.807, 2.05) is 11.8 Å². The van der Waals surface area contributed by atoms with Gasteiger partial charge < -0.3 is 15.4 Å². The second-order valence-corrected chi connectivity index (χ2v) is 6.60. The van der Waals surface area contributed by atoms with Gasteiger partial charge in [0.25, 0.3) is 5.91 Å².